The quantitative estimate of drug-likeness (QED) is 0.658. The van der Waals surface area contributed by atoms with Crippen LogP contribution in [0.3, 0.4) is 0 Å². The maximum atomic E-state index is 13.7. The second-order valence-electron chi connectivity index (χ2n) is 6.34. The lowest BCUT2D eigenvalue weighted by molar-refractivity contribution is 0.392. The van der Waals surface area contributed by atoms with Crippen LogP contribution in [0, 0.1) is 6.92 Å². The fourth-order valence-corrected chi connectivity index (χ4v) is 4.84. The smallest absolute Gasteiger partial charge is 0.272 e. The summed E-state index contributed by atoms with van der Waals surface area (Å²) in [5.74, 6) is 0.710. The molecule has 0 spiro atoms. The van der Waals surface area contributed by atoms with Gasteiger partial charge in [-0.1, -0.05) is 30.3 Å². The standard InChI is InChI=1S/C21H24N2O4S/c1-15-17(13-22-2)14-23(21(15)16-8-6-5-7-9-16)28(24,25)20-12-18(26-3)10-11-19(20)27-4/h5-12,14,22H,13H2,1-4H3. The largest absolute Gasteiger partial charge is 0.497 e. The fourth-order valence-electron chi connectivity index (χ4n) is 3.21. The van der Waals surface area contributed by atoms with Gasteiger partial charge in [-0.25, -0.2) is 12.4 Å². The van der Waals surface area contributed by atoms with Crippen molar-refractivity contribution in [1.82, 2.24) is 9.29 Å². The Bertz CT molecular complexity index is 1070. The molecule has 0 radical (unpaired) electrons. The number of hydrogen-bond donors (Lipinski definition) is 1. The van der Waals surface area contributed by atoms with E-state index in [1.807, 2.05) is 44.3 Å². The maximum Gasteiger partial charge on any atom is 0.272 e. The third kappa shape index (κ3) is 3.50. The van der Waals surface area contributed by atoms with Crippen LogP contribution in [-0.4, -0.2) is 33.7 Å². The van der Waals surface area contributed by atoms with E-state index in [0.29, 0.717) is 18.0 Å². The number of aromatic nitrogens is 1. The SMILES string of the molecule is CNCc1cn(S(=O)(=O)c2cc(OC)ccc2OC)c(-c2ccccc2)c1C. The molecule has 148 valence electrons. The average Bonchev–Trinajstić information content (AvgIpc) is 3.05. The fraction of sp³-hybridized carbons (Fsp3) is 0.238. The topological polar surface area (TPSA) is 69.6 Å². The summed E-state index contributed by atoms with van der Waals surface area (Å²) in [6.07, 6.45) is 1.67. The molecule has 0 saturated carbocycles. The minimum atomic E-state index is -3.93. The monoisotopic (exact) mass is 400 g/mol. The van der Waals surface area contributed by atoms with Crippen LogP contribution in [0.25, 0.3) is 11.3 Å². The minimum Gasteiger partial charge on any atom is -0.497 e. The van der Waals surface area contributed by atoms with Gasteiger partial charge < -0.3 is 14.8 Å². The van der Waals surface area contributed by atoms with Gasteiger partial charge in [-0.2, -0.15) is 0 Å². The molecule has 3 aromatic rings. The van der Waals surface area contributed by atoms with Crippen molar-refractivity contribution in [3.05, 3.63) is 65.9 Å². The third-order valence-electron chi connectivity index (χ3n) is 4.65. The van der Waals surface area contributed by atoms with E-state index in [9.17, 15) is 8.42 Å². The van der Waals surface area contributed by atoms with Crippen molar-refractivity contribution in [2.75, 3.05) is 21.3 Å². The predicted octanol–water partition coefficient (Wildman–Crippen LogP) is 3.44. The normalized spacial score (nSPS) is 11.4. The second-order valence-corrected chi connectivity index (χ2v) is 8.13. The lowest BCUT2D eigenvalue weighted by Gasteiger charge is -2.15. The Kier molecular flexibility index (Phi) is 5.76. The van der Waals surface area contributed by atoms with Gasteiger partial charge in [0, 0.05) is 18.8 Å². The highest BCUT2D eigenvalue weighted by Gasteiger charge is 2.27. The van der Waals surface area contributed by atoms with Gasteiger partial charge in [-0.05, 0) is 42.8 Å². The van der Waals surface area contributed by atoms with Crippen molar-refractivity contribution >= 4 is 10.0 Å². The van der Waals surface area contributed by atoms with Crippen molar-refractivity contribution in [3.8, 4) is 22.8 Å². The van der Waals surface area contributed by atoms with E-state index in [4.69, 9.17) is 9.47 Å². The van der Waals surface area contributed by atoms with Crippen molar-refractivity contribution in [3.63, 3.8) is 0 Å². The highest BCUT2D eigenvalue weighted by molar-refractivity contribution is 7.90. The summed E-state index contributed by atoms with van der Waals surface area (Å²) in [5, 5.41) is 3.10. The van der Waals surface area contributed by atoms with Crippen LogP contribution in [0.5, 0.6) is 11.5 Å². The number of nitrogens with one attached hydrogen (secondary N) is 1. The maximum absolute atomic E-state index is 13.7. The number of rotatable bonds is 7. The van der Waals surface area contributed by atoms with Gasteiger partial charge in [-0.3, -0.25) is 0 Å². The summed E-state index contributed by atoms with van der Waals surface area (Å²) in [6.45, 7) is 2.49. The van der Waals surface area contributed by atoms with E-state index in [1.54, 1.807) is 18.3 Å². The van der Waals surface area contributed by atoms with Gasteiger partial charge in [0.1, 0.15) is 16.4 Å². The van der Waals surface area contributed by atoms with E-state index in [1.165, 1.54) is 24.3 Å². The van der Waals surface area contributed by atoms with Crippen LogP contribution in [0.1, 0.15) is 11.1 Å². The van der Waals surface area contributed by atoms with Crippen molar-refractivity contribution in [1.29, 1.82) is 0 Å². The lowest BCUT2D eigenvalue weighted by atomic mass is 10.1. The van der Waals surface area contributed by atoms with Crippen LogP contribution in [0.2, 0.25) is 0 Å². The third-order valence-corrected chi connectivity index (χ3v) is 6.33. The van der Waals surface area contributed by atoms with Gasteiger partial charge >= 0.3 is 0 Å². The molecule has 1 aromatic heterocycles. The zero-order chi connectivity index (χ0) is 20.3. The Morgan fingerprint density at radius 1 is 1.04 bits per heavy atom. The molecule has 7 heteroatoms. The van der Waals surface area contributed by atoms with E-state index in [0.717, 1.165) is 16.7 Å². The van der Waals surface area contributed by atoms with Crippen LogP contribution in [0.4, 0.5) is 0 Å². The molecule has 0 unspecified atom stereocenters. The Morgan fingerprint density at radius 2 is 1.75 bits per heavy atom. The zero-order valence-corrected chi connectivity index (χ0v) is 17.2. The van der Waals surface area contributed by atoms with Crippen molar-refractivity contribution in [2.24, 2.45) is 0 Å². The van der Waals surface area contributed by atoms with Crippen LogP contribution in [-0.2, 0) is 16.6 Å². The minimum absolute atomic E-state index is 0.0533. The molecule has 2 aromatic carbocycles. The highest BCUT2D eigenvalue weighted by atomic mass is 32.2. The van der Waals surface area contributed by atoms with Gasteiger partial charge in [0.2, 0.25) is 0 Å². The lowest BCUT2D eigenvalue weighted by Crippen LogP contribution is -2.15. The molecule has 0 bridgehead atoms. The molecular formula is C21H24N2O4S. The van der Waals surface area contributed by atoms with Gasteiger partial charge in [0.05, 0.1) is 19.9 Å². The average molecular weight is 401 g/mol. The van der Waals surface area contributed by atoms with E-state index >= 15 is 0 Å². The van der Waals surface area contributed by atoms with Crippen molar-refractivity contribution < 1.29 is 17.9 Å². The summed E-state index contributed by atoms with van der Waals surface area (Å²) in [5.41, 5.74) is 3.28. The molecule has 0 aliphatic carbocycles. The van der Waals surface area contributed by atoms with Crippen LogP contribution in [0.15, 0.2) is 59.6 Å². The molecule has 0 saturated heterocycles. The summed E-state index contributed by atoms with van der Waals surface area (Å²) in [6, 6.07) is 14.2. The molecule has 0 aliphatic heterocycles. The Labute approximate surface area is 165 Å². The molecule has 0 fully saturated rings. The second kappa shape index (κ2) is 8.08. The van der Waals surface area contributed by atoms with Gasteiger partial charge in [0.25, 0.3) is 10.0 Å². The Hall–Kier alpha value is -2.77. The predicted molar refractivity (Wildman–Crippen MR) is 109 cm³/mol. The molecule has 0 atom stereocenters. The first-order chi connectivity index (χ1) is 13.4. The summed E-state index contributed by atoms with van der Waals surface area (Å²) < 4.78 is 39.2. The number of ether oxygens (including phenoxy) is 2. The van der Waals surface area contributed by atoms with Gasteiger partial charge in [0.15, 0.2) is 0 Å². The van der Waals surface area contributed by atoms with E-state index in [2.05, 4.69) is 5.32 Å². The Morgan fingerprint density at radius 3 is 2.36 bits per heavy atom. The molecule has 0 aliphatic rings. The molecule has 3 rings (SSSR count). The molecule has 28 heavy (non-hydrogen) atoms. The summed E-state index contributed by atoms with van der Waals surface area (Å²) in [7, 11) is 0.852. The van der Waals surface area contributed by atoms with Crippen LogP contribution >= 0.6 is 0 Å². The molecule has 6 nitrogen and oxygen atoms in total. The number of methoxy groups -OCH3 is 2. The molecular weight excluding hydrogens is 376 g/mol. The highest BCUT2D eigenvalue weighted by Crippen LogP contribution is 2.35. The van der Waals surface area contributed by atoms with Crippen LogP contribution < -0.4 is 14.8 Å². The first kappa shape index (κ1) is 20.0. The van der Waals surface area contributed by atoms with Crippen molar-refractivity contribution in [2.45, 2.75) is 18.4 Å². The number of benzene rings is 2. The molecule has 1 heterocycles. The molecule has 1 N–H and O–H groups in total. The van der Waals surface area contributed by atoms with E-state index in [-0.39, 0.29) is 10.6 Å². The Balaban J connectivity index is 2.30. The first-order valence-electron chi connectivity index (χ1n) is 8.82. The first-order valence-corrected chi connectivity index (χ1v) is 10.3. The van der Waals surface area contributed by atoms with E-state index < -0.39 is 10.0 Å². The van der Waals surface area contributed by atoms with Gasteiger partial charge in [-0.15, -0.1) is 0 Å². The number of hydrogen-bond acceptors (Lipinski definition) is 5. The summed E-state index contributed by atoms with van der Waals surface area (Å²) in [4.78, 5) is 0.0533. The summed E-state index contributed by atoms with van der Waals surface area (Å²) >= 11 is 0. The zero-order valence-electron chi connectivity index (χ0n) is 16.4. The molecule has 0 amide bonds. The number of nitrogens with zero attached hydrogens (tertiary/aromatic N) is 1.